The molecule has 1 aliphatic carbocycles. The number of anilines is 2. The fourth-order valence-corrected chi connectivity index (χ4v) is 3.26. The monoisotopic (exact) mass is 290 g/mol. The molecule has 0 amide bonds. The van der Waals surface area contributed by atoms with Crippen LogP contribution in [0.1, 0.15) is 54.9 Å². The van der Waals surface area contributed by atoms with E-state index in [-0.39, 0.29) is 5.97 Å². The van der Waals surface area contributed by atoms with E-state index in [1.54, 1.807) is 0 Å². The van der Waals surface area contributed by atoms with Crippen molar-refractivity contribution in [2.75, 3.05) is 18.2 Å². The van der Waals surface area contributed by atoms with Gasteiger partial charge in [-0.1, -0.05) is 26.2 Å². The van der Waals surface area contributed by atoms with Crippen LogP contribution in [-0.2, 0) is 4.74 Å². The first-order chi connectivity index (χ1) is 10.1. The lowest BCUT2D eigenvalue weighted by molar-refractivity contribution is 0.0602. The molecule has 0 saturated heterocycles. The van der Waals surface area contributed by atoms with Gasteiger partial charge in [0, 0.05) is 17.4 Å². The number of nitrogen functional groups attached to an aromatic ring is 1. The Kier molecular flexibility index (Phi) is 5.10. The Balaban J connectivity index is 2.23. The highest BCUT2D eigenvalue weighted by molar-refractivity contribution is 5.97. The molecule has 4 nitrogen and oxygen atoms in total. The summed E-state index contributed by atoms with van der Waals surface area (Å²) >= 11 is 0. The van der Waals surface area contributed by atoms with Crippen molar-refractivity contribution in [3.63, 3.8) is 0 Å². The molecule has 1 saturated carbocycles. The third kappa shape index (κ3) is 3.49. The van der Waals surface area contributed by atoms with Crippen LogP contribution in [-0.4, -0.2) is 19.1 Å². The normalized spacial score (nSPS) is 21.9. The van der Waals surface area contributed by atoms with Gasteiger partial charge in [-0.3, -0.25) is 0 Å². The molecular formula is C17H26N2O2. The van der Waals surface area contributed by atoms with E-state index in [9.17, 15) is 4.79 Å². The van der Waals surface area contributed by atoms with Gasteiger partial charge in [0.05, 0.1) is 12.7 Å². The van der Waals surface area contributed by atoms with Crippen LogP contribution in [0.3, 0.4) is 0 Å². The molecule has 1 aromatic rings. The minimum absolute atomic E-state index is 0.380. The van der Waals surface area contributed by atoms with Crippen LogP contribution in [0.4, 0.5) is 11.4 Å². The summed E-state index contributed by atoms with van der Waals surface area (Å²) in [5, 5.41) is 3.61. The molecule has 0 heterocycles. The number of aryl methyl sites for hydroxylation is 1. The van der Waals surface area contributed by atoms with Gasteiger partial charge < -0.3 is 15.8 Å². The summed E-state index contributed by atoms with van der Waals surface area (Å²) in [6.45, 7) is 4.17. The maximum absolute atomic E-state index is 11.8. The van der Waals surface area contributed by atoms with Gasteiger partial charge in [-0.2, -0.15) is 0 Å². The number of nitrogens with one attached hydrogen (secondary N) is 1. The molecule has 116 valence electrons. The van der Waals surface area contributed by atoms with Gasteiger partial charge >= 0.3 is 5.97 Å². The first kappa shape index (κ1) is 15.7. The summed E-state index contributed by atoms with van der Waals surface area (Å²) in [7, 11) is 1.38. The highest BCUT2D eigenvalue weighted by atomic mass is 16.5. The van der Waals surface area contributed by atoms with Crippen LogP contribution < -0.4 is 11.1 Å². The second kappa shape index (κ2) is 6.83. The van der Waals surface area contributed by atoms with Gasteiger partial charge in [0.1, 0.15) is 0 Å². The Morgan fingerprint density at radius 1 is 1.38 bits per heavy atom. The fourth-order valence-electron chi connectivity index (χ4n) is 3.26. The molecule has 0 aliphatic heterocycles. The lowest BCUT2D eigenvalue weighted by atomic mass is 9.82. The van der Waals surface area contributed by atoms with Crippen molar-refractivity contribution in [3.05, 3.63) is 23.3 Å². The third-order valence-electron chi connectivity index (χ3n) is 4.58. The van der Waals surface area contributed by atoms with E-state index in [4.69, 9.17) is 10.5 Å². The van der Waals surface area contributed by atoms with E-state index >= 15 is 0 Å². The van der Waals surface area contributed by atoms with Crippen LogP contribution in [0.2, 0.25) is 0 Å². The van der Waals surface area contributed by atoms with E-state index in [0.717, 1.165) is 11.3 Å². The van der Waals surface area contributed by atoms with E-state index in [1.807, 2.05) is 19.1 Å². The Labute approximate surface area is 127 Å². The third-order valence-corrected chi connectivity index (χ3v) is 4.58. The number of hydrogen-bond acceptors (Lipinski definition) is 4. The molecule has 1 aliphatic rings. The number of esters is 1. The number of ether oxygens (including phenoxy) is 1. The summed E-state index contributed by atoms with van der Waals surface area (Å²) in [6.07, 6.45) is 6.26. The number of carbonyl (C=O) groups is 1. The number of methoxy groups -OCH3 is 1. The second-order valence-electron chi connectivity index (χ2n) is 5.95. The van der Waals surface area contributed by atoms with Crippen molar-refractivity contribution in [2.45, 2.75) is 52.0 Å². The summed E-state index contributed by atoms with van der Waals surface area (Å²) in [5.74, 6) is 0.327. The Morgan fingerprint density at radius 3 is 2.76 bits per heavy atom. The largest absolute Gasteiger partial charge is 0.465 e. The number of rotatable bonds is 4. The van der Waals surface area contributed by atoms with Crippen LogP contribution in [0, 0.1) is 12.8 Å². The van der Waals surface area contributed by atoms with E-state index in [0.29, 0.717) is 23.2 Å². The highest BCUT2D eigenvalue weighted by Crippen LogP contribution is 2.31. The predicted octanol–water partition coefficient (Wildman–Crippen LogP) is 3.74. The zero-order valence-electron chi connectivity index (χ0n) is 13.2. The van der Waals surface area contributed by atoms with E-state index < -0.39 is 0 Å². The lowest BCUT2D eigenvalue weighted by Gasteiger charge is -2.32. The predicted molar refractivity (Wildman–Crippen MR) is 86.6 cm³/mol. The summed E-state index contributed by atoms with van der Waals surface area (Å²) < 4.78 is 4.81. The van der Waals surface area contributed by atoms with Gasteiger partial charge in [-0.15, -0.1) is 0 Å². The van der Waals surface area contributed by atoms with Crippen molar-refractivity contribution >= 4 is 17.3 Å². The molecule has 21 heavy (non-hydrogen) atoms. The van der Waals surface area contributed by atoms with Gasteiger partial charge in [-0.05, 0) is 43.4 Å². The number of carbonyl (C=O) groups excluding carboxylic acids is 1. The molecule has 4 heteroatoms. The van der Waals surface area contributed by atoms with Crippen molar-refractivity contribution in [2.24, 2.45) is 5.92 Å². The van der Waals surface area contributed by atoms with Crippen LogP contribution in [0.25, 0.3) is 0 Å². The molecule has 1 fully saturated rings. The van der Waals surface area contributed by atoms with Crippen molar-refractivity contribution < 1.29 is 9.53 Å². The summed E-state index contributed by atoms with van der Waals surface area (Å²) in [6, 6.07) is 4.32. The smallest absolute Gasteiger partial charge is 0.340 e. The topological polar surface area (TPSA) is 64.3 Å². The van der Waals surface area contributed by atoms with Gasteiger partial charge in [0.15, 0.2) is 0 Å². The number of benzene rings is 1. The average Bonchev–Trinajstić information content (AvgIpc) is 2.50. The average molecular weight is 290 g/mol. The Hall–Kier alpha value is -1.71. The van der Waals surface area contributed by atoms with Crippen LogP contribution >= 0.6 is 0 Å². The van der Waals surface area contributed by atoms with Crippen LogP contribution in [0.5, 0.6) is 0 Å². The van der Waals surface area contributed by atoms with E-state index in [1.165, 1.54) is 39.2 Å². The molecule has 0 spiro atoms. The first-order valence-corrected chi connectivity index (χ1v) is 7.81. The van der Waals surface area contributed by atoms with E-state index in [2.05, 4.69) is 12.2 Å². The van der Waals surface area contributed by atoms with Gasteiger partial charge in [-0.25, -0.2) is 4.79 Å². The minimum atomic E-state index is -0.380. The standard InChI is InChI=1S/C17H26N2O2/c1-4-12-7-5-6-8-15(12)19-13-9-11(2)16(18)14(10-13)17(20)21-3/h9-10,12,15,19H,4-8,18H2,1-3H3. The lowest BCUT2D eigenvalue weighted by Crippen LogP contribution is -2.31. The van der Waals surface area contributed by atoms with Gasteiger partial charge in [0.25, 0.3) is 0 Å². The number of hydrogen-bond donors (Lipinski definition) is 2. The van der Waals surface area contributed by atoms with Gasteiger partial charge in [0.2, 0.25) is 0 Å². The Bertz CT molecular complexity index is 514. The van der Waals surface area contributed by atoms with Crippen molar-refractivity contribution in [3.8, 4) is 0 Å². The maximum atomic E-state index is 11.8. The molecule has 2 rings (SSSR count). The highest BCUT2D eigenvalue weighted by Gasteiger charge is 2.24. The summed E-state index contributed by atoms with van der Waals surface area (Å²) in [4.78, 5) is 11.8. The van der Waals surface area contributed by atoms with Crippen molar-refractivity contribution in [1.29, 1.82) is 0 Å². The number of nitrogens with two attached hydrogens (primary N) is 1. The summed E-state index contributed by atoms with van der Waals surface area (Å²) in [5.41, 5.74) is 8.81. The first-order valence-electron chi connectivity index (χ1n) is 7.81. The molecule has 0 aromatic heterocycles. The quantitative estimate of drug-likeness (QED) is 0.655. The molecule has 0 radical (unpaired) electrons. The fraction of sp³-hybridized carbons (Fsp3) is 0.588. The molecule has 1 aromatic carbocycles. The van der Waals surface area contributed by atoms with Crippen LogP contribution in [0.15, 0.2) is 12.1 Å². The zero-order chi connectivity index (χ0) is 15.4. The molecular weight excluding hydrogens is 264 g/mol. The zero-order valence-corrected chi connectivity index (χ0v) is 13.2. The molecule has 2 unspecified atom stereocenters. The maximum Gasteiger partial charge on any atom is 0.340 e. The molecule has 2 atom stereocenters. The second-order valence-corrected chi connectivity index (χ2v) is 5.95. The van der Waals surface area contributed by atoms with Crippen molar-refractivity contribution in [1.82, 2.24) is 0 Å². The minimum Gasteiger partial charge on any atom is -0.465 e. The Morgan fingerprint density at radius 2 is 2.10 bits per heavy atom. The SMILES string of the molecule is CCC1CCCCC1Nc1cc(C)c(N)c(C(=O)OC)c1. The molecule has 3 N–H and O–H groups in total. The molecule has 0 bridgehead atoms.